The number of benzene rings is 1. The van der Waals surface area contributed by atoms with Crippen LogP contribution in [0.1, 0.15) is 18.5 Å². The van der Waals surface area contributed by atoms with E-state index >= 15 is 0 Å². The van der Waals surface area contributed by atoms with Crippen LogP contribution in [0.5, 0.6) is 5.75 Å². The zero-order chi connectivity index (χ0) is 16.0. The molecule has 1 aliphatic heterocycles. The van der Waals surface area contributed by atoms with Gasteiger partial charge in [0.25, 0.3) is 5.91 Å². The van der Waals surface area contributed by atoms with E-state index in [2.05, 4.69) is 5.10 Å². The Morgan fingerprint density at radius 3 is 3.00 bits per heavy atom. The molecule has 0 aliphatic carbocycles. The van der Waals surface area contributed by atoms with Crippen molar-refractivity contribution in [1.29, 1.82) is 0 Å². The molecule has 1 aliphatic rings. The molecule has 3 heterocycles. The maximum atomic E-state index is 13.4. The van der Waals surface area contributed by atoms with Crippen LogP contribution in [0, 0.1) is 5.82 Å². The Morgan fingerprint density at radius 1 is 1.26 bits per heavy atom. The van der Waals surface area contributed by atoms with Crippen molar-refractivity contribution in [3.63, 3.8) is 0 Å². The Kier molecular flexibility index (Phi) is 3.04. The first kappa shape index (κ1) is 13.8. The van der Waals surface area contributed by atoms with E-state index in [9.17, 15) is 9.18 Å². The number of hydrogen-bond acceptors (Lipinski definition) is 3. The Hall–Kier alpha value is -2.89. The first-order valence-corrected chi connectivity index (χ1v) is 7.31. The smallest absolute Gasteiger partial charge is 0.265 e. The Morgan fingerprint density at radius 2 is 2.13 bits per heavy atom. The Bertz CT molecular complexity index is 906. The fraction of sp³-hybridized carbons (Fsp3) is 0.176. The van der Waals surface area contributed by atoms with Crippen LogP contribution in [0.3, 0.4) is 0 Å². The summed E-state index contributed by atoms with van der Waals surface area (Å²) in [6, 6.07) is 9.84. The van der Waals surface area contributed by atoms with Crippen molar-refractivity contribution in [3.8, 4) is 5.75 Å². The van der Waals surface area contributed by atoms with E-state index in [1.807, 2.05) is 31.3 Å². The van der Waals surface area contributed by atoms with E-state index in [1.165, 1.54) is 12.1 Å². The van der Waals surface area contributed by atoms with Gasteiger partial charge < -0.3 is 4.74 Å². The van der Waals surface area contributed by atoms with Crippen molar-refractivity contribution in [1.82, 2.24) is 9.61 Å². The van der Waals surface area contributed by atoms with Crippen LogP contribution in [0.15, 0.2) is 48.8 Å². The summed E-state index contributed by atoms with van der Waals surface area (Å²) >= 11 is 0. The molecule has 1 aromatic carbocycles. The lowest BCUT2D eigenvalue weighted by atomic mass is 10.1. The third-order valence-corrected chi connectivity index (χ3v) is 4.09. The van der Waals surface area contributed by atoms with Gasteiger partial charge in [-0.1, -0.05) is 0 Å². The van der Waals surface area contributed by atoms with Gasteiger partial charge in [0.2, 0.25) is 0 Å². The van der Waals surface area contributed by atoms with Gasteiger partial charge in [-0.05, 0) is 42.8 Å². The van der Waals surface area contributed by atoms with Crippen LogP contribution in [0.2, 0.25) is 0 Å². The van der Waals surface area contributed by atoms with Crippen molar-refractivity contribution in [2.75, 3.05) is 11.5 Å². The van der Waals surface area contributed by atoms with E-state index in [1.54, 1.807) is 21.7 Å². The summed E-state index contributed by atoms with van der Waals surface area (Å²) in [5, 5.41) is 4.17. The Balaban J connectivity index is 1.77. The number of nitrogens with zero attached hydrogens (tertiary/aromatic N) is 3. The average molecular weight is 311 g/mol. The average Bonchev–Trinajstić information content (AvgIpc) is 3.02. The molecule has 0 spiro atoms. The van der Waals surface area contributed by atoms with E-state index in [4.69, 9.17) is 4.74 Å². The summed E-state index contributed by atoms with van der Waals surface area (Å²) in [5.41, 5.74) is 2.52. The monoisotopic (exact) mass is 311 g/mol. The summed E-state index contributed by atoms with van der Waals surface area (Å²) < 4.78 is 20.5. The fourth-order valence-electron chi connectivity index (χ4n) is 2.92. The molecule has 4 rings (SSSR count). The molecule has 0 fully saturated rings. The molecule has 6 heteroatoms. The highest BCUT2D eigenvalue weighted by atomic mass is 19.1. The number of aromatic nitrogens is 2. The number of anilines is 1. The molecule has 3 aromatic rings. The summed E-state index contributed by atoms with van der Waals surface area (Å²) in [4.78, 5) is 14.0. The standard InChI is InChI=1S/C17H14FN3O2/c1-11(12-5-7-20-14(8-12)4-6-19-20)21-15-3-2-13(18)9-16(15)23-10-17(21)22/h2-9,11H,10H2,1H3. The van der Waals surface area contributed by atoms with Crippen LogP contribution < -0.4 is 9.64 Å². The van der Waals surface area contributed by atoms with Crippen LogP contribution in [-0.2, 0) is 4.79 Å². The van der Waals surface area contributed by atoms with Gasteiger partial charge in [-0.3, -0.25) is 9.69 Å². The minimum absolute atomic E-state index is 0.0876. The normalized spacial score (nSPS) is 15.4. The van der Waals surface area contributed by atoms with E-state index in [0.717, 1.165) is 11.1 Å². The number of ether oxygens (including phenoxy) is 1. The number of amides is 1. The number of pyridine rings is 1. The third kappa shape index (κ3) is 2.23. The van der Waals surface area contributed by atoms with Crippen molar-refractivity contribution in [2.24, 2.45) is 0 Å². The Labute approximate surface area is 131 Å². The molecule has 0 bridgehead atoms. The van der Waals surface area contributed by atoms with E-state index in [-0.39, 0.29) is 24.4 Å². The predicted molar refractivity (Wildman–Crippen MR) is 83.0 cm³/mol. The van der Waals surface area contributed by atoms with E-state index < -0.39 is 0 Å². The number of carbonyl (C=O) groups excluding carboxylic acids is 1. The lowest BCUT2D eigenvalue weighted by Crippen LogP contribution is -2.40. The van der Waals surface area contributed by atoms with Gasteiger partial charge in [0.05, 0.1) is 17.2 Å². The molecule has 1 unspecified atom stereocenters. The molecular formula is C17H14FN3O2. The molecule has 116 valence electrons. The zero-order valence-electron chi connectivity index (χ0n) is 12.4. The molecular weight excluding hydrogens is 297 g/mol. The highest BCUT2D eigenvalue weighted by molar-refractivity contribution is 5.98. The van der Waals surface area contributed by atoms with Crippen molar-refractivity contribution < 1.29 is 13.9 Å². The van der Waals surface area contributed by atoms with Crippen molar-refractivity contribution in [2.45, 2.75) is 13.0 Å². The van der Waals surface area contributed by atoms with Crippen molar-refractivity contribution in [3.05, 3.63) is 60.2 Å². The molecule has 2 aromatic heterocycles. The SMILES string of the molecule is CC(c1ccn2nccc2c1)N1C(=O)COc2cc(F)ccc21. The second-order valence-electron chi connectivity index (χ2n) is 5.50. The lowest BCUT2D eigenvalue weighted by molar-refractivity contribution is -0.121. The number of rotatable bonds is 2. The molecule has 1 amide bonds. The van der Waals surface area contributed by atoms with Crippen LogP contribution in [-0.4, -0.2) is 22.1 Å². The molecule has 5 nitrogen and oxygen atoms in total. The largest absolute Gasteiger partial charge is 0.481 e. The maximum absolute atomic E-state index is 13.4. The minimum atomic E-state index is -0.383. The summed E-state index contributed by atoms with van der Waals surface area (Å²) in [5.74, 6) is -0.141. The van der Waals surface area contributed by atoms with Gasteiger partial charge in [0, 0.05) is 18.5 Å². The van der Waals surface area contributed by atoms with Gasteiger partial charge in [-0.25, -0.2) is 8.91 Å². The molecule has 0 saturated carbocycles. The summed E-state index contributed by atoms with van der Waals surface area (Å²) in [6.07, 6.45) is 3.58. The predicted octanol–water partition coefficient (Wildman–Crippen LogP) is 2.96. The quantitative estimate of drug-likeness (QED) is 0.731. The van der Waals surface area contributed by atoms with Crippen LogP contribution in [0.4, 0.5) is 10.1 Å². The van der Waals surface area contributed by atoms with Gasteiger partial charge in [-0.2, -0.15) is 5.10 Å². The van der Waals surface area contributed by atoms with E-state index in [0.29, 0.717) is 11.4 Å². The second kappa shape index (κ2) is 5.08. The first-order valence-electron chi connectivity index (χ1n) is 7.31. The number of halogens is 1. The first-order chi connectivity index (χ1) is 11.1. The third-order valence-electron chi connectivity index (χ3n) is 4.09. The molecule has 0 N–H and O–H groups in total. The fourth-order valence-corrected chi connectivity index (χ4v) is 2.92. The van der Waals surface area contributed by atoms with Crippen LogP contribution >= 0.6 is 0 Å². The maximum Gasteiger partial charge on any atom is 0.265 e. The van der Waals surface area contributed by atoms with Crippen LogP contribution in [0.25, 0.3) is 5.52 Å². The second-order valence-corrected chi connectivity index (χ2v) is 5.50. The summed E-state index contributed by atoms with van der Waals surface area (Å²) in [6.45, 7) is 1.86. The van der Waals surface area contributed by atoms with Gasteiger partial charge in [0.15, 0.2) is 6.61 Å². The molecule has 0 saturated heterocycles. The topological polar surface area (TPSA) is 46.8 Å². The highest BCUT2D eigenvalue weighted by Gasteiger charge is 2.30. The number of carbonyl (C=O) groups is 1. The van der Waals surface area contributed by atoms with Crippen molar-refractivity contribution >= 4 is 17.1 Å². The van der Waals surface area contributed by atoms with Gasteiger partial charge >= 0.3 is 0 Å². The van der Waals surface area contributed by atoms with Gasteiger partial charge in [-0.15, -0.1) is 0 Å². The molecule has 1 atom stereocenters. The molecule has 23 heavy (non-hydrogen) atoms. The number of fused-ring (bicyclic) bond motifs is 2. The lowest BCUT2D eigenvalue weighted by Gasteiger charge is -2.34. The zero-order valence-corrected chi connectivity index (χ0v) is 12.4. The molecule has 0 radical (unpaired) electrons. The number of hydrogen-bond donors (Lipinski definition) is 0. The summed E-state index contributed by atoms with van der Waals surface area (Å²) in [7, 11) is 0. The van der Waals surface area contributed by atoms with Gasteiger partial charge in [0.1, 0.15) is 11.6 Å². The highest BCUT2D eigenvalue weighted by Crippen LogP contribution is 2.37. The minimum Gasteiger partial charge on any atom is -0.481 e.